The van der Waals surface area contributed by atoms with Crippen molar-refractivity contribution in [2.45, 2.75) is 6.92 Å². The normalized spacial score (nSPS) is 9.64. The van der Waals surface area contributed by atoms with Crippen LogP contribution in [0, 0.1) is 6.92 Å². The highest BCUT2D eigenvalue weighted by Gasteiger charge is 2.01. The molecule has 1 aromatic heterocycles. The minimum absolute atomic E-state index is 0.286. The third kappa shape index (κ3) is 1.77. The van der Waals surface area contributed by atoms with Crippen molar-refractivity contribution in [3.05, 3.63) is 30.4 Å². The van der Waals surface area contributed by atoms with E-state index in [2.05, 4.69) is 6.58 Å². The smallest absolute Gasteiger partial charge is 0.275 e. The van der Waals surface area contributed by atoms with Crippen LogP contribution >= 0.6 is 0 Å². The van der Waals surface area contributed by atoms with E-state index >= 15 is 0 Å². The number of ether oxygens (including phenoxy) is 1. The van der Waals surface area contributed by atoms with E-state index in [4.69, 9.17) is 9.84 Å². The van der Waals surface area contributed by atoms with Crippen LogP contribution in [0.15, 0.2) is 24.8 Å². The van der Waals surface area contributed by atoms with Gasteiger partial charge in [-0.05, 0) is 19.1 Å². The van der Waals surface area contributed by atoms with Gasteiger partial charge in [-0.15, -0.1) is 0 Å². The number of rotatable bonds is 2. The number of hydrogen-bond donors (Lipinski definition) is 1. The molecule has 0 saturated heterocycles. The van der Waals surface area contributed by atoms with Crippen molar-refractivity contribution in [3.8, 4) is 5.88 Å². The highest BCUT2D eigenvalue weighted by atomic mass is 16.6. The fourth-order valence-corrected chi connectivity index (χ4v) is 0.925. The van der Waals surface area contributed by atoms with Crippen LogP contribution in [0.3, 0.4) is 0 Å². The van der Waals surface area contributed by atoms with Crippen LogP contribution < -0.4 is 4.74 Å². The zero-order valence-corrected chi connectivity index (χ0v) is 6.66. The van der Waals surface area contributed by atoms with Crippen molar-refractivity contribution in [1.82, 2.24) is 4.57 Å². The van der Waals surface area contributed by atoms with Crippen molar-refractivity contribution in [1.29, 1.82) is 0 Å². The molecule has 0 aliphatic rings. The molecule has 1 rings (SSSR count). The molecular weight excluding hydrogens is 142 g/mol. The van der Waals surface area contributed by atoms with Gasteiger partial charge in [-0.2, -0.15) is 0 Å². The van der Waals surface area contributed by atoms with Gasteiger partial charge in [0.1, 0.15) is 0 Å². The van der Waals surface area contributed by atoms with E-state index in [0.29, 0.717) is 5.88 Å². The molecule has 1 aromatic rings. The Morgan fingerprint density at radius 3 is 2.73 bits per heavy atom. The topological polar surface area (TPSA) is 34.4 Å². The molecule has 1 heterocycles. The van der Waals surface area contributed by atoms with Gasteiger partial charge in [0.2, 0.25) is 5.88 Å². The van der Waals surface area contributed by atoms with E-state index in [0.717, 1.165) is 5.56 Å². The Labute approximate surface area is 65.5 Å². The van der Waals surface area contributed by atoms with Gasteiger partial charge < -0.3 is 14.4 Å². The van der Waals surface area contributed by atoms with Crippen molar-refractivity contribution >= 4 is 0 Å². The summed E-state index contributed by atoms with van der Waals surface area (Å²) in [5.74, 6) is 0.307. The molecule has 0 aliphatic carbocycles. The second-order valence-electron chi connectivity index (χ2n) is 2.46. The van der Waals surface area contributed by atoms with E-state index in [9.17, 15) is 0 Å². The minimum Gasteiger partial charge on any atom is -0.481 e. The summed E-state index contributed by atoms with van der Waals surface area (Å²) in [4.78, 5) is 0. The third-order valence-electron chi connectivity index (χ3n) is 1.32. The average molecular weight is 153 g/mol. The van der Waals surface area contributed by atoms with Crippen molar-refractivity contribution < 1.29 is 9.84 Å². The highest BCUT2D eigenvalue weighted by molar-refractivity contribution is 5.22. The lowest BCUT2D eigenvalue weighted by atomic mass is 10.4. The molecule has 3 heteroatoms. The van der Waals surface area contributed by atoms with Gasteiger partial charge in [-0.25, -0.2) is 0 Å². The van der Waals surface area contributed by atoms with Gasteiger partial charge in [0, 0.05) is 19.3 Å². The molecular formula is C8H11NO2. The molecule has 0 amide bonds. The molecule has 0 unspecified atom stereocenters. The predicted molar refractivity (Wildman–Crippen MR) is 42.5 cm³/mol. The maximum atomic E-state index is 8.71. The second-order valence-corrected chi connectivity index (χ2v) is 2.46. The molecule has 0 spiro atoms. The quantitative estimate of drug-likeness (QED) is 0.657. The van der Waals surface area contributed by atoms with Gasteiger partial charge in [0.25, 0.3) is 5.95 Å². The van der Waals surface area contributed by atoms with E-state index in [1.54, 1.807) is 4.57 Å². The van der Waals surface area contributed by atoms with Gasteiger partial charge in [-0.1, -0.05) is 0 Å². The summed E-state index contributed by atoms with van der Waals surface area (Å²) in [6.45, 7) is 5.17. The molecule has 3 nitrogen and oxygen atoms in total. The lowest BCUT2D eigenvalue weighted by Crippen LogP contribution is -1.96. The first kappa shape index (κ1) is 7.72. The molecule has 60 valence electrons. The minimum atomic E-state index is -0.286. The number of aliphatic hydroxyl groups is 1. The second kappa shape index (κ2) is 2.70. The van der Waals surface area contributed by atoms with E-state index in [-0.39, 0.29) is 5.95 Å². The lowest BCUT2D eigenvalue weighted by molar-refractivity contribution is 0.201. The highest BCUT2D eigenvalue weighted by Crippen LogP contribution is 2.15. The van der Waals surface area contributed by atoms with E-state index in [1.807, 2.05) is 26.2 Å². The summed E-state index contributed by atoms with van der Waals surface area (Å²) < 4.78 is 6.66. The lowest BCUT2D eigenvalue weighted by Gasteiger charge is -2.02. The first-order valence-corrected chi connectivity index (χ1v) is 3.28. The summed E-state index contributed by atoms with van der Waals surface area (Å²) in [6, 6.07) is 1.82. The third-order valence-corrected chi connectivity index (χ3v) is 1.32. The molecule has 0 radical (unpaired) electrons. The molecule has 0 aliphatic heterocycles. The number of nitrogens with zero attached hydrogens (tertiary/aromatic N) is 1. The van der Waals surface area contributed by atoms with Crippen LogP contribution in [-0.2, 0) is 7.05 Å². The standard InChI is InChI=1S/C8H11NO2/c1-6-4-8(9(3)5-6)11-7(2)10/h4-5,10H,2H2,1,3H3. The fraction of sp³-hybridized carbons (Fsp3) is 0.250. The maximum absolute atomic E-state index is 8.71. The summed E-state index contributed by atoms with van der Waals surface area (Å²) in [6.07, 6.45) is 1.90. The number of aliphatic hydroxyl groups excluding tert-OH is 1. The SMILES string of the molecule is C=C(O)Oc1cc(C)cn1C. The molecule has 11 heavy (non-hydrogen) atoms. The Bertz CT molecular complexity index is 276. The molecule has 0 fully saturated rings. The Kier molecular flexibility index (Phi) is 1.89. The molecule has 0 saturated carbocycles. The maximum Gasteiger partial charge on any atom is 0.275 e. The predicted octanol–water partition coefficient (Wildman–Crippen LogP) is 1.74. The van der Waals surface area contributed by atoms with Gasteiger partial charge >= 0.3 is 0 Å². The van der Waals surface area contributed by atoms with Gasteiger partial charge in [0.15, 0.2) is 0 Å². The zero-order valence-electron chi connectivity index (χ0n) is 6.66. The van der Waals surface area contributed by atoms with Gasteiger partial charge in [0.05, 0.1) is 0 Å². The molecule has 0 aromatic carbocycles. The zero-order chi connectivity index (χ0) is 8.43. The van der Waals surface area contributed by atoms with Crippen LogP contribution in [0.2, 0.25) is 0 Å². The summed E-state index contributed by atoms with van der Waals surface area (Å²) in [5.41, 5.74) is 1.09. The van der Waals surface area contributed by atoms with Crippen LogP contribution in [-0.4, -0.2) is 9.67 Å². The molecule has 0 bridgehead atoms. The monoisotopic (exact) mass is 153 g/mol. The van der Waals surface area contributed by atoms with E-state index < -0.39 is 0 Å². The summed E-state index contributed by atoms with van der Waals surface area (Å²) >= 11 is 0. The van der Waals surface area contributed by atoms with Crippen LogP contribution in [0.1, 0.15) is 5.56 Å². The van der Waals surface area contributed by atoms with Crippen molar-refractivity contribution in [2.75, 3.05) is 0 Å². The molecule has 1 N–H and O–H groups in total. The summed E-state index contributed by atoms with van der Waals surface area (Å²) in [5, 5.41) is 8.71. The van der Waals surface area contributed by atoms with Crippen LogP contribution in [0.4, 0.5) is 0 Å². The van der Waals surface area contributed by atoms with Gasteiger partial charge in [-0.3, -0.25) is 0 Å². The average Bonchev–Trinajstić information content (AvgIpc) is 2.09. The Balaban J connectivity index is 2.85. The first-order valence-electron chi connectivity index (χ1n) is 3.28. The Morgan fingerprint density at radius 1 is 1.73 bits per heavy atom. The number of hydrogen-bond acceptors (Lipinski definition) is 2. The first-order chi connectivity index (χ1) is 5.09. The largest absolute Gasteiger partial charge is 0.481 e. The number of aromatic nitrogens is 1. The summed E-state index contributed by atoms with van der Waals surface area (Å²) in [7, 11) is 1.84. The van der Waals surface area contributed by atoms with Crippen LogP contribution in [0.25, 0.3) is 0 Å². The van der Waals surface area contributed by atoms with Crippen LogP contribution in [0.5, 0.6) is 5.88 Å². The van der Waals surface area contributed by atoms with E-state index in [1.165, 1.54) is 0 Å². The Morgan fingerprint density at radius 2 is 2.36 bits per heavy atom. The van der Waals surface area contributed by atoms with Crippen molar-refractivity contribution in [3.63, 3.8) is 0 Å². The Hall–Kier alpha value is -1.38. The van der Waals surface area contributed by atoms with Crippen molar-refractivity contribution in [2.24, 2.45) is 7.05 Å². The molecule has 0 atom stereocenters. The number of aryl methyl sites for hydroxylation is 2. The fourth-order valence-electron chi connectivity index (χ4n) is 0.925.